The van der Waals surface area contributed by atoms with Gasteiger partial charge in [0.2, 0.25) is 0 Å². The average Bonchev–Trinajstić information content (AvgIpc) is 2.60. The first-order valence-corrected chi connectivity index (χ1v) is 9.10. The Balaban J connectivity index is 0.00000210. The van der Waals surface area contributed by atoms with Crippen LogP contribution in [-0.2, 0) is 10.1 Å². The van der Waals surface area contributed by atoms with Crippen molar-refractivity contribution in [3.05, 3.63) is 59.7 Å². The van der Waals surface area contributed by atoms with Gasteiger partial charge in [0.1, 0.15) is 21.8 Å². The van der Waals surface area contributed by atoms with Gasteiger partial charge < -0.3 is 11.6 Å². The van der Waals surface area contributed by atoms with Crippen LogP contribution in [0.25, 0.3) is 10.8 Å². The number of aromatic carboxylic acids is 1. The van der Waals surface area contributed by atoms with Crippen LogP contribution >= 0.6 is 0 Å². The van der Waals surface area contributed by atoms with Gasteiger partial charge in [-0.1, -0.05) is 30.3 Å². The molecular formula is C18H15N2NaO6S. The monoisotopic (exact) mass is 410 g/mol. The number of hydrogen-bond donors (Lipinski definition) is 3. The minimum absolute atomic E-state index is 0. The third-order valence-corrected chi connectivity index (χ3v) is 4.76. The molecule has 0 bridgehead atoms. The predicted molar refractivity (Wildman–Crippen MR) is 98.9 cm³/mol. The Labute approximate surface area is 184 Å². The summed E-state index contributed by atoms with van der Waals surface area (Å²) in [6, 6.07) is 12.1. The van der Waals surface area contributed by atoms with Crippen molar-refractivity contribution in [1.29, 1.82) is 0 Å². The number of azo groups is 1. The van der Waals surface area contributed by atoms with Gasteiger partial charge >= 0.3 is 35.5 Å². The van der Waals surface area contributed by atoms with Crippen LogP contribution in [0.5, 0.6) is 5.75 Å². The Kier molecular flexibility index (Phi) is 6.58. The van der Waals surface area contributed by atoms with E-state index in [0.717, 1.165) is 0 Å². The second-order valence-corrected chi connectivity index (χ2v) is 7.18. The summed E-state index contributed by atoms with van der Waals surface area (Å²) in [4.78, 5) is 10.9. The molecule has 0 heterocycles. The van der Waals surface area contributed by atoms with Crippen molar-refractivity contribution in [3.63, 3.8) is 0 Å². The van der Waals surface area contributed by atoms with Crippen molar-refractivity contribution >= 4 is 38.2 Å². The van der Waals surface area contributed by atoms with Gasteiger partial charge in [0, 0.05) is 5.39 Å². The fourth-order valence-corrected chi connectivity index (χ4v) is 3.30. The molecule has 0 aliphatic carbocycles. The number of benzene rings is 3. The van der Waals surface area contributed by atoms with E-state index >= 15 is 0 Å². The van der Waals surface area contributed by atoms with Gasteiger partial charge in [-0.3, -0.25) is 4.55 Å². The molecule has 140 valence electrons. The van der Waals surface area contributed by atoms with E-state index in [4.69, 9.17) is 0 Å². The molecule has 28 heavy (non-hydrogen) atoms. The Morgan fingerprint density at radius 1 is 1.07 bits per heavy atom. The average molecular weight is 410 g/mol. The van der Waals surface area contributed by atoms with E-state index in [9.17, 15) is 28.0 Å². The van der Waals surface area contributed by atoms with Crippen LogP contribution in [0.4, 0.5) is 11.4 Å². The second-order valence-electron chi connectivity index (χ2n) is 5.79. The van der Waals surface area contributed by atoms with Crippen LogP contribution in [0.1, 0.15) is 17.3 Å². The summed E-state index contributed by atoms with van der Waals surface area (Å²) in [6.45, 7) is 1.64. The van der Waals surface area contributed by atoms with E-state index < -0.39 is 26.7 Å². The van der Waals surface area contributed by atoms with E-state index in [-0.39, 0.29) is 47.9 Å². The third kappa shape index (κ3) is 4.40. The second kappa shape index (κ2) is 8.38. The molecule has 0 saturated carbocycles. The molecule has 0 saturated heterocycles. The summed E-state index contributed by atoms with van der Waals surface area (Å²) in [5.74, 6) is -1.94. The molecule has 3 rings (SSSR count). The summed E-state index contributed by atoms with van der Waals surface area (Å²) in [5.41, 5.74) is -0.0380. The van der Waals surface area contributed by atoms with Gasteiger partial charge in [-0.2, -0.15) is 8.42 Å². The molecule has 0 amide bonds. The minimum atomic E-state index is -4.54. The van der Waals surface area contributed by atoms with Crippen molar-refractivity contribution in [1.82, 2.24) is 0 Å². The number of aromatic hydroxyl groups is 1. The maximum atomic E-state index is 11.6. The van der Waals surface area contributed by atoms with Gasteiger partial charge in [0.25, 0.3) is 10.1 Å². The molecule has 0 unspecified atom stereocenters. The van der Waals surface area contributed by atoms with E-state index in [1.165, 1.54) is 18.2 Å². The molecule has 3 N–H and O–H groups in total. The van der Waals surface area contributed by atoms with E-state index in [1.54, 1.807) is 37.3 Å². The molecular weight excluding hydrogens is 395 g/mol. The van der Waals surface area contributed by atoms with Crippen LogP contribution in [-0.4, -0.2) is 29.2 Å². The van der Waals surface area contributed by atoms with Crippen LogP contribution in [0.2, 0.25) is 0 Å². The smallest absolute Gasteiger partial charge is 1.00 e. The van der Waals surface area contributed by atoms with Gasteiger partial charge in [-0.15, -0.1) is 10.2 Å². The Bertz CT molecular complexity index is 1210. The Hall–Kier alpha value is -2.30. The molecule has 0 aliphatic heterocycles. The minimum Gasteiger partial charge on any atom is -1.00 e. The molecule has 0 aromatic heterocycles. The Morgan fingerprint density at radius 2 is 1.75 bits per heavy atom. The number of carboxylic acid groups (broad SMARTS) is 1. The van der Waals surface area contributed by atoms with E-state index in [1.807, 2.05) is 0 Å². The first-order chi connectivity index (χ1) is 12.7. The predicted octanol–water partition coefficient (Wildman–Crippen LogP) is 1.33. The van der Waals surface area contributed by atoms with Crippen LogP contribution in [0, 0.1) is 6.92 Å². The van der Waals surface area contributed by atoms with Crippen LogP contribution in [0.15, 0.2) is 63.7 Å². The molecule has 0 spiro atoms. The molecule has 3 aromatic carbocycles. The molecule has 0 atom stereocenters. The van der Waals surface area contributed by atoms with Gasteiger partial charge in [0.15, 0.2) is 5.75 Å². The molecule has 0 fully saturated rings. The molecule has 10 heteroatoms. The standard InChI is InChI=1S/C18H14N2O6S.Na.H/c1-10-6-7-14(15(8-10)27(24,25)26)19-20-16-12-5-3-2-4-11(12)9-13(17(16)21)18(22)23;;/h2-9,21H,1H3,(H,22,23)(H,24,25,26);;/q;+1;-1. The Morgan fingerprint density at radius 3 is 2.39 bits per heavy atom. The van der Waals surface area contributed by atoms with Crippen LogP contribution in [0.3, 0.4) is 0 Å². The SMILES string of the molecule is Cc1ccc(N=Nc2c(O)c(C(=O)O)cc3ccccc23)c(S(=O)(=O)O)c1.[H-].[Na+]. The maximum Gasteiger partial charge on any atom is 1.00 e. The number of nitrogens with zero attached hydrogens (tertiary/aromatic N) is 2. The van der Waals surface area contributed by atoms with Gasteiger partial charge in [-0.05, 0) is 36.1 Å². The molecule has 0 radical (unpaired) electrons. The zero-order chi connectivity index (χ0) is 19.8. The number of phenols is 1. The number of carbonyl (C=O) groups is 1. The molecule has 0 aliphatic rings. The van der Waals surface area contributed by atoms with Gasteiger partial charge in [-0.25, -0.2) is 4.79 Å². The number of carboxylic acids is 1. The maximum absolute atomic E-state index is 11.6. The number of hydrogen-bond acceptors (Lipinski definition) is 6. The van der Waals surface area contributed by atoms with E-state index in [0.29, 0.717) is 16.3 Å². The van der Waals surface area contributed by atoms with Crippen molar-refractivity contribution in [3.8, 4) is 5.75 Å². The van der Waals surface area contributed by atoms with Crippen molar-refractivity contribution in [2.45, 2.75) is 11.8 Å². The number of rotatable bonds is 4. The quantitative estimate of drug-likeness (QED) is 0.337. The number of fused-ring (bicyclic) bond motifs is 1. The fraction of sp³-hybridized carbons (Fsp3) is 0.0556. The largest absolute Gasteiger partial charge is 1.00 e. The number of aryl methyl sites for hydroxylation is 1. The summed E-state index contributed by atoms with van der Waals surface area (Å²) in [7, 11) is -4.54. The van der Waals surface area contributed by atoms with Crippen molar-refractivity contribution in [2.24, 2.45) is 10.2 Å². The summed E-state index contributed by atoms with van der Waals surface area (Å²) in [5, 5.41) is 28.2. The molecule has 3 aromatic rings. The zero-order valence-electron chi connectivity index (χ0n) is 16.0. The van der Waals surface area contributed by atoms with Crippen LogP contribution < -0.4 is 29.6 Å². The van der Waals surface area contributed by atoms with Crippen molar-refractivity contribution < 1.29 is 59.0 Å². The normalized spacial score (nSPS) is 11.5. The fourth-order valence-electron chi connectivity index (χ4n) is 2.60. The van der Waals surface area contributed by atoms with Gasteiger partial charge in [0.05, 0.1) is 0 Å². The first-order valence-electron chi connectivity index (χ1n) is 7.66. The molecule has 8 nitrogen and oxygen atoms in total. The third-order valence-electron chi connectivity index (χ3n) is 3.88. The van der Waals surface area contributed by atoms with Crippen molar-refractivity contribution in [2.75, 3.05) is 0 Å². The summed E-state index contributed by atoms with van der Waals surface area (Å²) >= 11 is 0. The topological polar surface area (TPSA) is 137 Å². The zero-order valence-corrected chi connectivity index (χ0v) is 17.8. The summed E-state index contributed by atoms with van der Waals surface area (Å²) < 4.78 is 32.5. The summed E-state index contributed by atoms with van der Waals surface area (Å²) in [6.07, 6.45) is 0. The van der Waals surface area contributed by atoms with E-state index in [2.05, 4.69) is 10.2 Å². The first kappa shape index (κ1) is 22.0.